The maximum atomic E-state index is 11.9. The normalized spacial score (nSPS) is 11.2. The van der Waals surface area contributed by atoms with Gasteiger partial charge in [-0.1, -0.05) is 29.8 Å². The Labute approximate surface area is 104 Å². The Kier molecular flexibility index (Phi) is 4.58. The highest BCUT2D eigenvalue weighted by atomic mass is 19.4. The summed E-state index contributed by atoms with van der Waals surface area (Å²) in [4.78, 5) is 12.6. The average molecular weight is 260 g/mol. The van der Waals surface area contributed by atoms with Gasteiger partial charge in [-0.25, -0.2) is 4.79 Å². The molecule has 0 aliphatic rings. The molecule has 0 spiro atoms. The number of hydrogen-bond acceptors (Lipinski definition) is 1. The second-order valence-electron chi connectivity index (χ2n) is 4.12. The molecule has 2 amide bonds. The SMILES string of the molecule is Cc1ccc(CN(C)C(=O)NCC(F)(F)F)cc1. The molecule has 1 rings (SSSR count). The second kappa shape index (κ2) is 5.75. The van der Waals surface area contributed by atoms with Crippen LogP contribution in [0.4, 0.5) is 18.0 Å². The summed E-state index contributed by atoms with van der Waals surface area (Å²) in [7, 11) is 1.45. The molecule has 1 N–H and O–H groups in total. The van der Waals surface area contributed by atoms with Crippen molar-refractivity contribution in [1.29, 1.82) is 0 Å². The largest absolute Gasteiger partial charge is 0.405 e. The number of hydrogen-bond donors (Lipinski definition) is 1. The molecule has 0 saturated carbocycles. The minimum atomic E-state index is -4.39. The first-order valence-corrected chi connectivity index (χ1v) is 5.39. The van der Waals surface area contributed by atoms with E-state index in [0.717, 1.165) is 11.1 Å². The highest BCUT2D eigenvalue weighted by molar-refractivity contribution is 5.73. The minimum Gasteiger partial charge on any atom is -0.329 e. The Hall–Kier alpha value is -1.72. The monoisotopic (exact) mass is 260 g/mol. The van der Waals surface area contributed by atoms with Crippen molar-refractivity contribution in [1.82, 2.24) is 10.2 Å². The van der Waals surface area contributed by atoms with Crippen LogP contribution in [0.2, 0.25) is 0 Å². The van der Waals surface area contributed by atoms with Crippen LogP contribution in [0.1, 0.15) is 11.1 Å². The molecule has 0 atom stereocenters. The molecule has 0 aromatic heterocycles. The van der Waals surface area contributed by atoms with Gasteiger partial charge in [-0.15, -0.1) is 0 Å². The van der Waals surface area contributed by atoms with Crippen LogP contribution in [0.25, 0.3) is 0 Å². The summed E-state index contributed by atoms with van der Waals surface area (Å²) in [5, 5.41) is 1.82. The van der Waals surface area contributed by atoms with Crippen LogP contribution < -0.4 is 5.32 Å². The molecular formula is C12H15F3N2O. The number of benzene rings is 1. The third-order valence-corrected chi connectivity index (χ3v) is 2.33. The smallest absolute Gasteiger partial charge is 0.329 e. The zero-order valence-electron chi connectivity index (χ0n) is 10.2. The first-order valence-electron chi connectivity index (χ1n) is 5.39. The molecule has 0 unspecified atom stereocenters. The molecule has 100 valence electrons. The van der Waals surface area contributed by atoms with E-state index in [0.29, 0.717) is 0 Å². The lowest BCUT2D eigenvalue weighted by Gasteiger charge is -2.18. The average Bonchev–Trinajstić information content (AvgIpc) is 2.28. The number of carbonyl (C=O) groups excluding carboxylic acids is 1. The van der Waals surface area contributed by atoms with Crippen molar-refractivity contribution >= 4 is 6.03 Å². The quantitative estimate of drug-likeness (QED) is 0.890. The summed E-state index contributed by atoms with van der Waals surface area (Å²) in [5.41, 5.74) is 1.95. The van der Waals surface area contributed by atoms with Crippen molar-refractivity contribution in [2.24, 2.45) is 0 Å². The molecule has 0 radical (unpaired) electrons. The molecule has 1 aromatic rings. The summed E-state index contributed by atoms with van der Waals surface area (Å²) in [6.07, 6.45) is -4.39. The molecule has 0 aliphatic carbocycles. The summed E-state index contributed by atoms with van der Waals surface area (Å²) in [6.45, 7) is 0.886. The minimum absolute atomic E-state index is 0.268. The Morgan fingerprint density at radius 1 is 1.28 bits per heavy atom. The fourth-order valence-electron chi connectivity index (χ4n) is 1.35. The van der Waals surface area contributed by atoms with Crippen molar-refractivity contribution < 1.29 is 18.0 Å². The lowest BCUT2D eigenvalue weighted by molar-refractivity contribution is -0.123. The van der Waals surface area contributed by atoms with Crippen molar-refractivity contribution in [3.05, 3.63) is 35.4 Å². The molecular weight excluding hydrogens is 245 g/mol. The van der Waals surface area contributed by atoms with Gasteiger partial charge in [0.15, 0.2) is 0 Å². The number of nitrogens with one attached hydrogen (secondary N) is 1. The van der Waals surface area contributed by atoms with E-state index in [-0.39, 0.29) is 6.54 Å². The predicted octanol–water partition coefficient (Wildman–Crippen LogP) is 2.70. The van der Waals surface area contributed by atoms with Crippen LogP contribution in [0.15, 0.2) is 24.3 Å². The van der Waals surface area contributed by atoms with Gasteiger partial charge in [0.2, 0.25) is 0 Å². The van der Waals surface area contributed by atoms with Gasteiger partial charge in [-0.2, -0.15) is 13.2 Å². The van der Waals surface area contributed by atoms with Gasteiger partial charge in [0.25, 0.3) is 0 Å². The lowest BCUT2D eigenvalue weighted by Crippen LogP contribution is -2.41. The third kappa shape index (κ3) is 5.07. The molecule has 0 bridgehead atoms. The first kappa shape index (κ1) is 14.3. The molecule has 1 aromatic carbocycles. The van der Waals surface area contributed by atoms with Crippen molar-refractivity contribution in [2.75, 3.05) is 13.6 Å². The highest BCUT2D eigenvalue weighted by Gasteiger charge is 2.28. The van der Waals surface area contributed by atoms with E-state index in [2.05, 4.69) is 0 Å². The highest BCUT2D eigenvalue weighted by Crippen LogP contribution is 2.12. The molecule has 0 heterocycles. The fraction of sp³-hybridized carbons (Fsp3) is 0.417. The zero-order valence-corrected chi connectivity index (χ0v) is 10.2. The van der Waals surface area contributed by atoms with Gasteiger partial charge in [0.05, 0.1) is 0 Å². The molecule has 0 aliphatic heterocycles. The van der Waals surface area contributed by atoms with Crippen LogP contribution in [0.3, 0.4) is 0 Å². The van der Waals surface area contributed by atoms with Gasteiger partial charge in [0.1, 0.15) is 6.54 Å². The third-order valence-electron chi connectivity index (χ3n) is 2.33. The number of carbonyl (C=O) groups is 1. The predicted molar refractivity (Wildman–Crippen MR) is 62.1 cm³/mol. The zero-order chi connectivity index (χ0) is 13.8. The van der Waals surface area contributed by atoms with Crippen LogP contribution in [0.5, 0.6) is 0 Å². The summed E-state index contributed by atoms with van der Waals surface area (Å²) in [6, 6.07) is 6.70. The molecule has 6 heteroatoms. The fourth-order valence-corrected chi connectivity index (χ4v) is 1.35. The van der Waals surface area contributed by atoms with Crippen molar-refractivity contribution in [3.63, 3.8) is 0 Å². The second-order valence-corrected chi connectivity index (χ2v) is 4.12. The van der Waals surface area contributed by atoms with Crippen LogP contribution >= 0.6 is 0 Å². The first-order chi connectivity index (χ1) is 8.28. The van der Waals surface area contributed by atoms with Gasteiger partial charge in [0, 0.05) is 13.6 Å². The Morgan fingerprint density at radius 3 is 2.33 bits per heavy atom. The number of aryl methyl sites for hydroxylation is 1. The van der Waals surface area contributed by atoms with Crippen LogP contribution in [0, 0.1) is 6.92 Å². The van der Waals surface area contributed by atoms with Gasteiger partial charge >= 0.3 is 12.2 Å². The molecule has 0 fully saturated rings. The van der Waals surface area contributed by atoms with Gasteiger partial charge in [-0.3, -0.25) is 0 Å². The maximum Gasteiger partial charge on any atom is 0.405 e. The summed E-state index contributed by atoms with van der Waals surface area (Å²) in [5.74, 6) is 0. The number of halogens is 3. The molecule has 0 saturated heterocycles. The van der Waals surface area contributed by atoms with Gasteiger partial charge < -0.3 is 10.2 Å². The molecule has 18 heavy (non-hydrogen) atoms. The van der Waals surface area contributed by atoms with Gasteiger partial charge in [-0.05, 0) is 12.5 Å². The maximum absolute atomic E-state index is 11.9. The van der Waals surface area contributed by atoms with E-state index in [4.69, 9.17) is 0 Å². The van der Waals surface area contributed by atoms with Crippen LogP contribution in [-0.2, 0) is 6.54 Å². The van der Waals surface area contributed by atoms with Crippen molar-refractivity contribution in [2.45, 2.75) is 19.6 Å². The van der Waals surface area contributed by atoms with E-state index in [9.17, 15) is 18.0 Å². The Morgan fingerprint density at radius 2 is 1.83 bits per heavy atom. The summed E-state index contributed by atoms with van der Waals surface area (Å²) >= 11 is 0. The van der Waals surface area contributed by atoms with Crippen molar-refractivity contribution in [3.8, 4) is 0 Å². The van der Waals surface area contributed by atoms with E-state index in [1.165, 1.54) is 11.9 Å². The topological polar surface area (TPSA) is 32.3 Å². The lowest BCUT2D eigenvalue weighted by atomic mass is 10.1. The number of amides is 2. The molecule has 3 nitrogen and oxygen atoms in total. The van der Waals surface area contributed by atoms with E-state index in [1.54, 1.807) is 0 Å². The van der Waals surface area contributed by atoms with E-state index < -0.39 is 18.8 Å². The standard InChI is InChI=1S/C12H15F3N2O/c1-9-3-5-10(6-4-9)7-17(2)11(18)16-8-12(13,14)15/h3-6H,7-8H2,1-2H3,(H,16,18). The Bertz CT molecular complexity index is 401. The Balaban J connectivity index is 2.47. The number of nitrogens with zero attached hydrogens (tertiary/aromatic N) is 1. The number of alkyl halides is 3. The van der Waals surface area contributed by atoms with E-state index >= 15 is 0 Å². The summed E-state index contributed by atoms with van der Waals surface area (Å²) < 4.78 is 35.8. The number of urea groups is 1. The van der Waals surface area contributed by atoms with Crippen LogP contribution in [-0.4, -0.2) is 30.7 Å². The van der Waals surface area contributed by atoms with E-state index in [1.807, 2.05) is 36.5 Å². The number of rotatable bonds is 3.